The van der Waals surface area contributed by atoms with Gasteiger partial charge in [-0.15, -0.1) is 0 Å². The van der Waals surface area contributed by atoms with Crippen LogP contribution in [-0.2, 0) is 10.4 Å². The molecular formula is C29H27ClF2N2O3. The van der Waals surface area contributed by atoms with Crippen LogP contribution in [0, 0.1) is 24.5 Å². The molecule has 0 spiro atoms. The van der Waals surface area contributed by atoms with Crippen LogP contribution in [0.25, 0.3) is 0 Å². The summed E-state index contributed by atoms with van der Waals surface area (Å²) in [6.07, 6.45) is 3.00. The normalized spacial score (nSPS) is 23.2. The Hall–Kier alpha value is -3.29. The number of aryl methyl sites for hydroxylation is 1. The van der Waals surface area contributed by atoms with E-state index in [0.29, 0.717) is 22.8 Å². The van der Waals surface area contributed by atoms with Crippen LogP contribution >= 0.6 is 11.6 Å². The van der Waals surface area contributed by atoms with Gasteiger partial charge in [0.25, 0.3) is 11.8 Å². The highest BCUT2D eigenvalue weighted by Gasteiger charge is 2.52. The minimum Gasteiger partial charge on any atom is -0.372 e. The van der Waals surface area contributed by atoms with Crippen molar-refractivity contribution in [3.8, 4) is 0 Å². The molecule has 1 fully saturated rings. The summed E-state index contributed by atoms with van der Waals surface area (Å²) in [6.45, 7) is 2.20. The Balaban J connectivity index is 1.29. The first-order valence-corrected chi connectivity index (χ1v) is 12.7. The van der Waals surface area contributed by atoms with Crippen molar-refractivity contribution in [3.05, 3.63) is 99.6 Å². The van der Waals surface area contributed by atoms with Crippen LogP contribution in [0.5, 0.6) is 0 Å². The monoisotopic (exact) mass is 524 g/mol. The van der Waals surface area contributed by atoms with E-state index >= 15 is 0 Å². The Morgan fingerprint density at radius 1 is 1.05 bits per heavy atom. The van der Waals surface area contributed by atoms with Gasteiger partial charge in [0, 0.05) is 34.3 Å². The van der Waals surface area contributed by atoms with Gasteiger partial charge in [-0.25, -0.2) is 8.78 Å². The zero-order valence-corrected chi connectivity index (χ0v) is 21.1. The van der Waals surface area contributed by atoms with E-state index in [-0.39, 0.29) is 23.4 Å². The van der Waals surface area contributed by atoms with Crippen molar-refractivity contribution in [3.63, 3.8) is 0 Å². The number of hydrogen-bond donors (Lipinski definition) is 2. The number of amides is 2. The summed E-state index contributed by atoms with van der Waals surface area (Å²) in [4.78, 5) is 27.8. The molecule has 2 N–H and O–H groups in total. The molecule has 1 atom stereocenters. The summed E-state index contributed by atoms with van der Waals surface area (Å²) >= 11 is 6.06. The second kappa shape index (κ2) is 9.88. The molecule has 1 unspecified atom stereocenters. The van der Waals surface area contributed by atoms with Gasteiger partial charge in [-0.3, -0.25) is 9.59 Å². The van der Waals surface area contributed by atoms with E-state index in [4.69, 9.17) is 11.6 Å². The number of hydrogen-bond acceptors (Lipinski definition) is 3. The van der Waals surface area contributed by atoms with E-state index in [2.05, 4.69) is 5.32 Å². The molecule has 37 heavy (non-hydrogen) atoms. The largest absolute Gasteiger partial charge is 0.372 e. The van der Waals surface area contributed by atoms with Gasteiger partial charge in [0.05, 0.1) is 5.69 Å². The molecule has 3 aromatic carbocycles. The van der Waals surface area contributed by atoms with Crippen LogP contribution < -0.4 is 10.2 Å². The van der Waals surface area contributed by atoms with E-state index in [0.717, 1.165) is 49.4 Å². The van der Waals surface area contributed by atoms with E-state index in [1.807, 2.05) is 13.0 Å². The van der Waals surface area contributed by atoms with Gasteiger partial charge in [0.1, 0.15) is 11.6 Å². The lowest BCUT2D eigenvalue weighted by molar-refractivity contribution is -0.132. The Morgan fingerprint density at radius 2 is 1.78 bits per heavy atom. The van der Waals surface area contributed by atoms with Crippen molar-refractivity contribution < 1.29 is 23.5 Å². The number of nitrogens with one attached hydrogen (secondary N) is 1. The summed E-state index contributed by atoms with van der Waals surface area (Å²) in [5.74, 6) is -2.31. The molecular weight excluding hydrogens is 498 g/mol. The van der Waals surface area contributed by atoms with Gasteiger partial charge in [-0.2, -0.15) is 0 Å². The first-order valence-electron chi connectivity index (χ1n) is 12.3. The van der Waals surface area contributed by atoms with Crippen molar-refractivity contribution in [2.45, 2.75) is 44.2 Å². The number of anilines is 1. The first-order chi connectivity index (χ1) is 17.7. The van der Waals surface area contributed by atoms with Crippen molar-refractivity contribution in [1.29, 1.82) is 0 Å². The molecule has 2 aliphatic rings. The lowest BCUT2D eigenvalue weighted by Gasteiger charge is -2.32. The zero-order valence-electron chi connectivity index (χ0n) is 20.3. The molecule has 0 aromatic heterocycles. The van der Waals surface area contributed by atoms with Crippen LogP contribution in [0.4, 0.5) is 14.5 Å². The SMILES string of the molecule is Cc1ccc(Cl)cc1C(=O)N[C@H]1CC[C@H](CN2C(=O)C(O)(c3cc(F)ccc3F)c3ccccc32)CC1. The summed E-state index contributed by atoms with van der Waals surface area (Å²) < 4.78 is 28.7. The average Bonchev–Trinajstić information content (AvgIpc) is 3.10. The highest BCUT2D eigenvalue weighted by atomic mass is 35.5. The lowest BCUT2D eigenvalue weighted by atomic mass is 9.85. The number of nitrogens with zero attached hydrogens (tertiary/aromatic N) is 1. The molecule has 8 heteroatoms. The maximum Gasteiger partial charge on any atom is 0.268 e. The van der Waals surface area contributed by atoms with Gasteiger partial charge < -0.3 is 15.3 Å². The van der Waals surface area contributed by atoms with Crippen LogP contribution in [-0.4, -0.2) is 29.5 Å². The van der Waals surface area contributed by atoms with E-state index in [1.54, 1.807) is 36.4 Å². The lowest BCUT2D eigenvalue weighted by Crippen LogP contribution is -2.45. The molecule has 3 aromatic rings. The summed E-state index contributed by atoms with van der Waals surface area (Å²) in [5.41, 5.74) is -0.562. The van der Waals surface area contributed by atoms with E-state index in [1.165, 1.54) is 4.90 Å². The molecule has 192 valence electrons. The van der Waals surface area contributed by atoms with E-state index in [9.17, 15) is 23.5 Å². The van der Waals surface area contributed by atoms with Crippen molar-refractivity contribution in [1.82, 2.24) is 5.32 Å². The Kier molecular flexibility index (Phi) is 6.77. The minimum atomic E-state index is -2.30. The third kappa shape index (κ3) is 4.62. The van der Waals surface area contributed by atoms with Gasteiger partial charge in [-0.05, 0) is 80.5 Å². The van der Waals surface area contributed by atoms with Crippen molar-refractivity contribution in [2.75, 3.05) is 11.4 Å². The number of para-hydroxylation sites is 1. The van der Waals surface area contributed by atoms with E-state index < -0.39 is 28.7 Å². The second-order valence-corrected chi connectivity index (χ2v) is 10.4. The highest BCUT2D eigenvalue weighted by molar-refractivity contribution is 6.31. The number of rotatable bonds is 5. The minimum absolute atomic E-state index is 0.00187. The fourth-order valence-corrected chi connectivity index (χ4v) is 5.67. The van der Waals surface area contributed by atoms with Gasteiger partial charge in [0.2, 0.25) is 0 Å². The standard InChI is InChI=1S/C29H27ClF2N2O3/c1-17-6-9-19(30)14-22(17)27(35)33-21-11-7-18(8-12-21)16-34-26-5-3-2-4-23(26)29(37,28(34)36)24-15-20(31)10-13-25(24)32/h2-6,9-10,13-15,18,21,37H,7-8,11-12,16H2,1H3,(H,33,35)/t18-,21-,29?. The molecule has 5 nitrogen and oxygen atoms in total. The Morgan fingerprint density at radius 3 is 2.54 bits per heavy atom. The number of carbonyl (C=O) groups excluding carboxylic acids is 2. The summed E-state index contributed by atoms with van der Waals surface area (Å²) in [6, 6.07) is 14.7. The molecule has 1 heterocycles. The van der Waals surface area contributed by atoms with Crippen LogP contribution in [0.15, 0.2) is 60.7 Å². The molecule has 0 radical (unpaired) electrons. The molecule has 5 rings (SSSR count). The first kappa shape index (κ1) is 25.4. The smallest absolute Gasteiger partial charge is 0.268 e. The van der Waals surface area contributed by atoms with Crippen LogP contribution in [0.2, 0.25) is 5.02 Å². The molecule has 2 amide bonds. The number of carbonyl (C=O) groups is 2. The fraction of sp³-hybridized carbons (Fsp3) is 0.310. The predicted molar refractivity (Wildman–Crippen MR) is 138 cm³/mol. The number of benzene rings is 3. The second-order valence-electron chi connectivity index (χ2n) is 9.92. The van der Waals surface area contributed by atoms with Crippen molar-refractivity contribution in [2.24, 2.45) is 5.92 Å². The van der Waals surface area contributed by atoms with Gasteiger partial charge in [0.15, 0.2) is 5.60 Å². The molecule has 1 saturated carbocycles. The maximum atomic E-state index is 14.7. The fourth-order valence-electron chi connectivity index (χ4n) is 5.50. The molecule has 0 bridgehead atoms. The third-order valence-electron chi connectivity index (χ3n) is 7.52. The number of fused-ring (bicyclic) bond motifs is 1. The average molecular weight is 525 g/mol. The summed E-state index contributed by atoms with van der Waals surface area (Å²) in [5, 5.41) is 15.1. The van der Waals surface area contributed by atoms with Gasteiger partial charge in [-0.1, -0.05) is 35.9 Å². The summed E-state index contributed by atoms with van der Waals surface area (Å²) in [7, 11) is 0. The van der Waals surface area contributed by atoms with Crippen LogP contribution in [0.1, 0.15) is 52.7 Å². The third-order valence-corrected chi connectivity index (χ3v) is 7.76. The molecule has 0 saturated heterocycles. The molecule has 1 aliphatic carbocycles. The van der Waals surface area contributed by atoms with Gasteiger partial charge >= 0.3 is 0 Å². The maximum absolute atomic E-state index is 14.7. The highest BCUT2D eigenvalue weighted by Crippen LogP contribution is 2.46. The Bertz CT molecular complexity index is 1370. The Labute approximate surface area is 219 Å². The molecule has 1 aliphatic heterocycles. The van der Waals surface area contributed by atoms with Crippen LogP contribution in [0.3, 0.4) is 0 Å². The number of halogens is 3. The zero-order chi connectivity index (χ0) is 26.3. The predicted octanol–water partition coefficient (Wildman–Crippen LogP) is 5.50. The quantitative estimate of drug-likeness (QED) is 0.463. The number of aliphatic hydroxyl groups is 1. The topological polar surface area (TPSA) is 69.6 Å². The van der Waals surface area contributed by atoms with Crippen molar-refractivity contribution >= 4 is 29.1 Å².